The summed E-state index contributed by atoms with van der Waals surface area (Å²) in [7, 11) is -2.83. The molecule has 2 rings (SSSR count). The lowest BCUT2D eigenvalue weighted by Crippen LogP contribution is -2.35. The molecule has 4 heteroatoms. The minimum absolute atomic E-state index is 0.238. The number of benzene rings is 1. The number of sulfone groups is 1. The Bertz CT molecular complexity index is 447. The third-order valence-electron chi connectivity index (χ3n) is 3.06. The van der Waals surface area contributed by atoms with Gasteiger partial charge in [0.15, 0.2) is 0 Å². The molecule has 1 aliphatic rings. The standard InChI is InChI=1S/C13H18O3S/c1-17(14,15)10-12-7-13(8-12)16-9-11-5-3-2-4-6-11/h2-6,12-13H,7-10H2,1H3. The molecule has 1 saturated carbocycles. The molecule has 17 heavy (non-hydrogen) atoms. The van der Waals surface area contributed by atoms with E-state index in [1.54, 1.807) is 0 Å². The molecule has 1 fully saturated rings. The van der Waals surface area contributed by atoms with Gasteiger partial charge in [0.2, 0.25) is 0 Å². The van der Waals surface area contributed by atoms with Crippen LogP contribution in [0.15, 0.2) is 30.3 Å². The predicted molar refractivity (Wildman–Crippen MR) is 67.5 cm³/mol. The van der Waals surface area contributed by atoms with Crippen molar-refractivity contribution in [2.45, 2.75) is 25.6 Å². The van der Waals surface area contributed by atoms with Crippen LogP contribution in [-0.2, 0) is 21.2 Å². The quantitative estimate of drug-likeness (QED) is 0.807. The highest BCUT2D eigenvalue weighted by atomic mass is 32.2. The van der Waals surface area contributed by atoms with Crippen molar-refractivity contribution in [2.24, 2.45) is 5.92 Å². The fraction of sp³-hybridized carbons (Fsp3) is 0.538. The third-order valence-corrected chi connectivity index (χ3v) is 4.14. The van der Waals surface area contributed by atoms with E-state index < -0.39 is 9.84 Å². The van der Waals surface area contributed by atoms with Gasteiger partial charge in [-0.05, 0) is 24.3 Å². The minimum Gasteiger partial charge on any atom is -0.374 e. The van der Waals surface area contributed by atoms with Gasteiger partial charge in [0.1, 0.15) is 9.84 Å². The molecule has 1 aliphatic carbocycles. The van der Waals surface area contributed by atoms with Crippen LogP contribution in [-0.4, -0.2) is 26.5 Å². The van der Waals surface area contributed by atoms with Crippen molar-refractivity contribution in [3.63, 3.8) is 0 Å². The molecule has 0 bridgehead atoms. The van der Waals surface area contributed by atoms with Gasteiger partial charge < -0.3 is 4.74 Å². The third kappa shape index (κ3) is 4.13. The molecule has 0 unspecified atom stereocenters. The first-order chi connectivity index (χ1) is 8.03. The Kier molecular flexibility index (Phi) is 3.84. The molecular formula is C13H18O3S. The maximum absolute atomic E-state index is 11.1. The summed E-state index contributed by atoms with van der Waals surface area (Å²) in [5.74, 6) is 0.601. The summed E-state index contributed by atoms with van der Waals surface area (Å²) in [4.78, 5) is 0. The molecule has 3 nitrogen and oxygen atoms in total. The van der Waals surface area contributed by atoms with Gasteiger partial charge in [0.25, 0.3) is 0 Å². The second-order valence-electron chi connectivity index (χ2n) is 4.85. The lowest BCUT2D eigenvalue weighted by atomic mass is 9.84. The van der Waals surface area contributed by atoms with Crippen LogP contribution in [0.4, 0.5) is 0 Å². The Morgan fingerprint density at radius 3 is 2.47 bits per heavy atom. The van der Waals surface area contributed by atoms with Crippen LogP contribution in [0.3, 0.4) is 0 Å². The molecule has 0 saturated heterocycles. The van der Waals surface area contributed by atoms with E-state index in [4.69, 9.17) is 4.74 Å². The Hall–Kier alpha value is -0.870. The molecule has 0 radical (unpaired) electrons. The van der Waals surface area contributed by atoms with Crippen LogP contribution < -0.4 is 0 Å². The average Bonchev–Trinajstić information content (AvgIpc) is 2.21. The number of hydrogen-bond donors (Lipinski definition) is 0. The second kappa shape index (κ2) is 5.19. The summed E-state index contributed by atoms with van der Waals surface area (Å²) in [6.45, 7) is 0.622. The van der Waals surface area contributed by atoms with Gasteiger partial charge in [-0.1, -0.05) is 30.3 Å². The molecule has 0 aromatic heterocycles. The van der Waals surface area contributed by atoms with Gasteiger partial charge in [-0.2, -0.15) is 0 Å². The molecule has 0 heterocycles. The zero-order valence-electron chi connectivity index (χ0n) is 10.0. The Balaban J connectivity index is 1.68. The van der Waals surface area contributed by atoms with E-state index in [1.165, 1.54) is 11.8 Å². The first-order valence-corrected chi connectivity index (χ1v) is 7.92. The first kappa shape index (κ1) is 12.6. The summed E-state index contributed by atoms with van der Waals surface area (Å²) >= 11 is 0. The largest absolute Gasteiger partial charge is 0.374 e. The SMILES string of the molecule is CS(=O)(=O)CC1CC(OCc2ccccc2)C1. The van der Waals surface area contributed by atoms with Gasteiger partial charge in [-0.3, -0.25) is 0 Å². The predicted octanol–water partition coefficient (Wildman–Crippen LogP) is 2.03. The fourth-order valence-corrected chi connectivity index (χ4v) is 3.29. The van der Waals surface area contributed by atoms with E-state index in [1.807, 2.05) is 30.3 Å². The van der Waals surface area contributed by atoms with E-state index in [2.05, 4.69) is 0 Å². The van der Waals surface area contributed by atoms with Crippen LogP contribution in [0.2, 0.25) is 0 Å². The van der Waals surface area contributed by atoms with Crippen LogP contribution in [0.25, 0.3) is 0 Å². The van der Waals surface area contributed by atoms with E-state index in [0.717, 1.165) is 12.8 Å². The zero-order valence-corrected chi connectivity index (χ0v) is 10.8. The highest BCUT2D eigenvalue weighted by molar-refractivity contribution is 7.90. The summed E-state index contributed by atoms with van der Waals surface area (Å²) in [6.07, 6.45) is 3.28. The second-order valence-corrected chi connectivity index (χ2v) is 7.03. The van der Waals surface area contributed by atoms with E-state index in [9.17, 15) is 8.42 Å². The van der Waals surface area contributed by atoms with Crippen molar-refractivity contribution in [1.82, 2.24) is 0 Å². The maximum Gasteiger partial charge on any atom is 0.147 e. The number of ether oxygens (including phenoxy) is 1. The normalized spacial score (nSPS) is 24.3. The van der Waals surface area contributed by atoms with Gasteiger partial charge in [-0.25, -0.2) is 8.42 Å². The van der Waals surface area contributed by atoms with Gasteiger partial charge in [-0.15, -0.1) is 0 Å². The van der Waals surface area contributed by atoms with Crippen molar-refractivity contribution in [2.75, 3.05) is 12.0 Å². The van der Waals surface area contributed by atoms with E-state index >= 15 is 0 Å². The monoisotopic (exact) mass is 254 g/mol. The molecule has 0 aliphatic heterocycles. The average molecular weight is 254 g/mol. The van der Waals surface area contributed by atoms with Crippen LogP contribution in [0, 0.1) is 5.92 Å². The van der Waals surface area contributed by atoms with Crippen molar-refractivity contribution in [3.8, 4) is 0 Å². The maximum atomic E-state index is 11.1. The molecule has 0 atom stereocenters. The zero-order chi connectivity index (χ0) is 12.3. The number of hydrogen-bond acceptors (Lipinski definition) is 3. The Morgan fingerprint density at radius 2 is 1.88 bits per heavy atom. The van der Waals surface area contributed by atoms with Crippen molar-refractivity contribution in [1.29, 1.82) is 0 Å². The Labute approximate surface area is 103 Å². The number of rotatable bonds is 5. The summed E-state index contributed by atoms with van der Waals surface area (Å²) in [5.41, 5.74) is 1.17. The highest BCUT2D eigenvalue weighted by Crippen LogP contribution is 2.31. The molecule has 0 spiro atoms. The smallest absolute Gasteiger partial charge is 0.147 e. The minimum atomic E-state index is -2.83. The van der Waals surface area contributed by atoms with Crippen LogP contribution >= 0.6 is 0 Å². The lowest BCUT2D eigenvalue weighted by molar-refractivity contribution is -0.0343. The molecular weight excluding hydrogens is 236 g/mol. The molecule has 1 aromatic carbocycles. The Morgan fingerprint density at radius 1 is 1.24 bits per heavy atom. The van der Waals surface area contributed by atoms with Crippen molar-refractivity contribution in [3.05, 3.63) is 35.9 Å². The van der Waals surface area contributed by atoms with Gasteiger partial charge in [0.05, 0.1) is 18.5 Å². The summed E-state index contributed by atoms with van der Waals surface area (Å²) < 4.78 is 27.9. The molecule has 94 valence electrons. The molecule has 1 aromatic rings. The highest BCUT2D eigenvalue weighted by Gasteiger charge is 2.32. The topological polar surface area (TPSA) is 43.4 Å². The molecule has 0 amide bonds. The van der Waals surface area contributed by atoms with E-state index in [0.29, 0.717) is 18.3 Å². The van der Waals surface area contributed by atoms with Crippen molar-refractivity contribution >= 4 is 9.84 Å². The van der Waals surface area contributed by atoms with Crippen LogP contribution in [0.1, 0.15) is 18.4 Å². The lowest BCUT2D eigenvalue weighted by Gasteiger charge is -2.34. The fourth-order valence-electron chi connectivity index (χ4n) is 2.16. The van der Waals surface area contributed by atoms with E-state index in [-0.39, 0.29) is 6.10 Å². The van der Waals surface area contributed by atoms with Crippen LogP contribution in [0.5, 0.6) is 0 Å². The molecule has 0 N–H and O–H groups in total. The first-order valence-electron chi connectivity index (χ1n) is 5.86. The van der Waals surface area contributed by atoms with Gasteiger partial charge >= 0.3 is 0 Å². The van der Waals surface area contributed by atoms with Crippen molar-refractivity contribution < 1.29 is 13.2 Å². The van der Waals surface area contributed by atoms with Gasteiger partial charge in [0, 0.05) is 6.26 Å². The summed E-state index contributed by atoms with van der Waals surface area (Å²) in [6, 6.07) is 10.0. The summed E-state index contributed by atoms with van der Waals surface area (Å²) in [5, 5.41) is 0.